The third-order valence-corrected chi connectivity index (χ3v) is 5.59. The third-order valence-electron chi connectivity index (χ3n) is 5.59. The number of methoxy groups -OCH3 is 1. The van der Waals surface area contributed by atoms with E-state index in [4.69, 9.17) is 18.6 Å². The molecule has 0 aliphatic carbocycles. The number of ether oxygens (including phenoxy) is 3. The number of benzene rings is 2. The number of fused-ring (bicyclic) bond motifs is 1. The zero-order valence-corrected chi connectivity index (χ0v) is 18.0. The molecule has 188 valence electrons. The summed E-state index contributed by atoms with van der Waals surface area (Å²) in [6, 6.07) is 4.57. The van der Waals surface area contributed by atoms with E-state index in [1.165, 1.54) is 13.2 Å². The van der Waals surface area contributed by atoms with Gasteiger partial charge >= 0.3 is 0 Å². The number of hydrogen-bond acceptors (Lipinski definition) is 13. The summed E-state index contributed by atoms with van der Waals surface area (Å²) < 4.78 is 21.5. The van der Waals surface area contributed by atoms with Crippen LogP contribution in [0, 0.1) is 0 Å². The van der Waals surface area contributed by atoms with E-state index >= 15 is 0 Å². The third kappa shape index (κ3) is 4.05. The molecule has 4 rings (SSSR count). The SMILES string of the molecule is COc1cc2oc(-c3ccc(O)c(O)c3)c(O)c(=O)c2c(O)c1OC1OC(CO)C(O)C(O)C1O. The van der Waals surface area contributed by atoms with E-state index in [1.54, 1.807) is 0 Å². The predicted molar refractivity (Wildman–Crippen MR) is 116 cm³/mol. The molecule has 0 radical (unpaired) electrons. The number of aliphatic hydroxyl groups is 4. The largest absolute Gasteiger partial charge is 0.504 e. The van der Waals surface area contributed by atoms with Gasteiger partial charge in [-0.25, -0.2) is 0 Å². The lowest BCUT2D eigenvalue weighted by Gasteiger charge is -2.39. The Morgan fingerprint density at radius 2 is 1.66 bits per heavy atom. The zero-order valence-electron chi connectivity index (χ0n) is 18.0. The maximum atomic E-state index is 12.9. The molecule has 3 aromatic rings. The standard InChI is InChI=1S/C22H22O13/c1-32-11-5-10-13(15(27)18(30)20(33-10)7-2-3-8(24)9(25)4-7)16(28)21(11)35-22-19(31)17(29)14(26)12(6-23)34-22/h2-5,12,14,17,19,22-26,28-31H,6H2,1H3. The quantitative estimate of drug-likeness (QED) is 0.209. The monoisotopic (exact) mass is 494 g/mol. The molecule has 5 unspecified atom stereocenters. The summed E-state index contributed by atoms with van der Waals surface area (Å²) in [5.41, 5.74) is -1.31. The van der Waals surface area contributed by atoms with Crippen LogP contribution >= 0.6 is 0 Å². The maximum absolute atomic E-state index is 12.9. The molecule has 1 aliphatic rings. The molecule has 1 aliphatic heterocycles. The minimum absolute atomic E-state index is 0.0388. The summed E-state index contributed by atoms with van der Waals surface area (Å²) in [5.74, 6) is -3.87. The molecule has 2 heterocycles. The molecule has 0 saturated carbocycles. The first-order chi connectivity index (χ1) is 16.6. The number of phenolic OH excluding ortho intramolecular Hbond substituents is 3. The van der Waals surface area contributed by atoms with Crippen LogP contribution in [0.1, 0.15) is 0 Å². The van der Waals surface area contributed by atoms with Crippen LogP contribution < -0.4 is 14.9 Å². The van der Waals surface area contributed by atoms with Crippen LogP contribution in [0.4, 0.5) is 0 Å². The van der Waals surface area contributed by atoms with Crippen molar-refractivity contribution in [1.29, 1.82) is 0 Å². The van der Waals surface area contributed by atoms with Crippen molar-refractivity contribution in [2.75, 3.05) is 13.7 Å². The molecule has 5 atom stereocenters. The Bertz CT molecular complexity index is 1320. The number of aliphatic hydroxyl groups excluding tert-OH is 4. The predicted octanol–water partition coefficient (Wildman–Crippen LogP) is -0.530. The van der Waals surface area contributed by atoms with E-state index in [2.05, 4.69) is 0 Å². The number of phenols is 3. The van der Waals surface area contributed by atoms with Gasteiger partial charge in [-0.05, 0) is 18.2 Å². The van der Waals surface area contributed by atoms with Gasteiger partial charge in [-0.1, -0.05) is 0 Å². The van der Waals surface area contributed by atoms with Crippen molar-refractivity contribution >= 4 is 11.0 Å². The van der Waals surface area contributed by atoms with Gasteiger partial charge in [0.25, 0.3) is 0 Å². The van der Waals surface area contributed by atoms with Gasteiger partial charge in [0.1, 0.15) is 35.4 Å². The van der Waals surface area contributed by atoms with Crippen LogP contribution in [0.5, 0.6) is 34.5 Å². The molecule has 35 heavy (non-hydrogen) atoms. The summed E-state index contributed by atoms with van der Waals surface area (Å²) in [4.78, 5) is 12.9. The van der Waals surface area contributed by atoms with Gasteiger partial charge in [0.05, 0.1) is 13.7 Å². The zero-order chi connectivity index (χ0) is 25.6. The highest BCUT2D eigenvalue weighted by Crippen LogP contribution is 2.45. The van der Waals surface area contributed by atoms with E-state index in [-0.39, 0.29) is 22.7 Å². The molecule has 1 saturated heterocycles. The van der Waals surface area contributed by atoms with Crippen molar-refractivity contribution < 1.29 is 59.5 Å². The highest BCUT2D eigenvalue weighted by Gasteiger charge is 2.45. The van der Waals surface area contributed by atoms with Crippen molar-refractivity contribution in [3.8, 4) is 45.8 Å². The minimum Gasteiger partial charge on any atom is -0.504 e. The molecular weight excluding hydrogens is 472 g/mol. The molecular formula is C22H22O13. The molecule has 13 heteroatoms. The van der Waals surface area contributed by atoms with E-state index in [0.717, 1.165) is 18.2 Å². The van der Waals surface area contributed by atoms with Gasteiger partial charge < -0.3 is 59.5 Å². The van der Waals surface area contributed by atoms with Gasteiger partial charge in [-0.2, -0.15) is 0 Å². The Morgan fingerprint density at radius 3 is 2.29 bits per heavy atom. The highest BCUT2D eigenvalue weighted by atomic mass is 16.7. The normalized spacial score (nSPS) is 24.4. The fourth-order valence-corrected chi connectivity index (χ4v) is 3.69. The van der Waals surface area contributed by atoms with Crippen LogP contribution in [0.25, 0.3) is 22.3 Å². The summed E-state index contributed by atoms with van der Waals surface area (Å²) in [6.07, 6.45) is -8.24. The van der Waals surface area contributed by atoms with Crippen molar-refractivity contribution in [3.63, 3.8) is 0 Å². The van der Waals surface area contributed by atoms with E-state index in [0.29, 0.717) is 0 Å². The fourth-order valence-electron chi connectivity index (χ4n) is 3.69. The first kappa shape index (κ1) is 24.4. The molecule has 0 amide bonds. The van der Waals surface area contributed by atoms with Crippen molar-refractivity contribution in [3.05, 3.63) is 34.5 Å². The Labute approximate surface area is 195 Å². The molecule has 2 aromatic carbocycles. The van der Waals surface area contributed by atoms with Gasteiger partial charge in [0.2, 0.25) is 23.2 Å². The van der Waals surface area contributed by atoms with Crippen LogP contribution in [0.15, 0.2) is 33.5 Å². The maximum Gasteiger partial charge on any atom is 0.238 e. The van der Waals surface area contributed by atoms with Gasteiger partial charge in [0.15, 0.2) is 28.8 Å². The molecule has 1 fully saturated rings. The first-order valence-corrected chi connectivity index (χ1v) is 10.2. The van der Waals surface area contributed by atoms with E-state index in [9.17, 15) is 45.6 Å². The lowest BCUT2D eigenvalue weighted by molar-refractivity contribution is -0.277. The molecule has 8 N–H and O–H groups in total. The molecule has 0 bridgehead atoms. The fraction of sp³-hybridized carbons (Fsp3) is 0.318. The lowest BCUT2D eigenvalue weighted by Crippen LogP contribution is -2.60. The Balaban J connectivity index is 1.83. The molecule has 0 spiro atoms. The topological polar surface area (TPSA) is 220 Å². The smallest absolute Gasteiger partial charge is 0.238 e. The van der Waals surface area contributed by atoms with E-state index < -0.39 is 76.9 Å². The average Bonchev–Trinajstić information content (AvgIpc) is 2.84. The van der Waals surface area contributed by atoms with Crippen LogP contribution in [-0.4, -0.2) is 85.3 Å². The Morgan fingerprint density at radius 1 is 0.943 bits per heavy atom. The summed E-state index contributed by atoms with van der Waals surface area (Å²) in [7, 11) is 1.19. The number of rotatable bonds is 5. The van der Waals surface area contributed by atoms with Crippen molar-refractivity contribution in [2.24, 2.45) is 0 Å². The van der Waals surface area contributed by atoms with Crippen molar-refractivity contribution in [1.82, 2.24) is 0 Å². The second-order valence-corrected chi connectivity index (χ2v) is 7.76. The van der Waals surface area contributed by atoms with Crippen LogP contribution in [0.2, 0.25) is 0 Å². The van der Waals surface area contributed by atoms with Crippen LogP contribution in [-0.2, 0) is 4.74 Å². The summed E-state index contributed by atoms with van der Waals surface area (Å²) >= 11 is 0. The minimum atomic E-state index is -1.82. The van der Waals surface area contributed by atoms with Gasteiger partial charge in [-0.3, -0.25) is 4.79 Å². The highest BCUT2D eigenvalue weighted by molar-refractivity contribution is 5.91. The second-order valence-electron chi connectivity index (χ2n) is 7.76. The second kappa shape index (κ2) is 9.13. The lowest BCUT2D eigenvalue weighted by atomic mass is 9.99. The first-order valence-electron chi connectivity index (χ1n) is 10.2. The van der Waals surface area contributed by atoms with Gasteiger partial charge in [0, 0.05) is 11.6 Å². The molecule has 13 nitrogen and oxygen atoms in total. The Kier molecular flexibility index (Phi) is 6.36. The number of hydrogen-bond donors (Lipinski definition) is 8. The van der Waals surface area contributed by atoms with Crippen molar-refractivity contribution in [2.45, 2.75) is 30.7 Å². The number of aromatic hydroxyl groups is 4. The van der Waals surface area contributed by atoms with Crippen LogP contribution in [0.3, 0.4) is 0 Å². The summed E-state index contributed by atoms with van der Waals surface area (Å²) in [5, 5.41) is 79.5. The summed E-state index contributed by atoms with van der Waals surface area (Å²) in [6.45, 7) is -0.724. The molecule has 1 aromatic heterocycles. The Hall–Kier alpha value is -3.75. The van der Waals surface area contributed by atoms with E-state index in [1.807, 2.05) is 0 Å². The average molecular weight is 494 g/mol. The van der Waals surface area contributed by atoms with Gasteiger partial charge in [-0.15, -0.1) is 0 Å².